The van der Waals surface area contributed by atoms with Gasteiger partial charge in [0.1, 0.15) is 6.54 Å². The average Bonchev–Trinajstić information content (AvgIpc) is 3.07. The lowest BCUT2D eigenvalue weighted by Gasteiger charge is -2.20. The molecule has 0 aliphatic rings. The molecule has 136 valence electrons. The van der Waals surface area contributed by atoms with Crippen molar-refractivity contribution in [2.75, 3.05) is 26.5 Å². The average molecular weight is 383 g/mol. The number of carbonyl (C=O) groups is 1. The number of benzene rings is 1. The molecule has 6 nitrogen and oxygen atoms in total. The van der Waals surface area contributed by atoms with Gasteiger partial charge in [0.15, 0.2) is 6.04 Å². The number of quaternary nitrogens is 1. The number of rotatable bonds is 7. The Balaban J connectivity index is 2.07. The molecule has 0 bridgehead atoms. The van der Waals surface area contributed by atoms with E-state index in [1.54, 1.807) is 23.5 Å². The van der Waals surface area contributed by atoms with E-state index in [4.69, 9.17) is 0 Å². The summed E-state index contributed by atoms with van der Waals surface area (Å²) in [6.45, 7) is 2.62. The standard InChI is InChI=1S/C17H23N3O3S2/c1-13(20(4)12-15-8-6-10-24-15)17(21)18-14-7-5-9-16(11-14)25(22,23)19(2)3/h5-11,13H,12H2,1-4H3,(H,18,21)/p+1/t13-/m0/s1. The van der Waals surface area contributed by atoms with Crippen molar-refractivity contribution in [1.82, 2.24) is 4.31 Å². The first-order chi connectivity index (χ1) is 11.7. The van der Waals surface area contributed by atoms with Crippen LogP contribution in [0.25, 0.3) is 0 Å². The van der Waals surface area contributed by atoms with E-state index in [1.807, 2.05) is 31.5 Å². The smallest absolute Gasteiger partial charge is 0.282 e. The van der Waals surface area contributed by atoms with Crippen LogP contribution in [0, 0.1) is 0 Å². The zero-order valence-electron chi connectivity index (χ0n) is 14.8. The number of carbonyl (C=O) groups excluding carboxylic acids is 1. The highest BCUT2D eigenvalue weighted by atomic mass is 32.2. The summed E-state index contributed by atoms with van der Waals surface area (Å²) in [5, 5.41) is 4.83. The molecule has 8 heteroatoms. The molecule has 1 aromatic carbocycles. The van der Waals surface area contributed by atoms with Gasteiger partial charge < -0.3 is 10.2 Å². The molecule has 2 atom stereocenters. The van der Waals surface area contributed by atoms with Crippen molar-refractivity contribution in [3.05, 3.63) is 46.7 Å². The van der Waals surface area contributed by atoms with E-state index in [-0.39, 0.29) is 16.8 Å². The van der Waals surface area contributed by atoms with E-state index < -0.39 is 10.0 Å². The molecule has 1 amide bonds. The van der Waals surface area contributed by atoms with Gasteiger partial charge in [-0.2, -0.15) is 0 Å². The predicted molar refractivity (Wildman–Crippen MR) is 100 cm³/mol. The molecule has 0 spiro atoms. The normalized spacial score (nSPS) is 14.3. The van der Waals surface area contributed by atoms with Crippen molar-refractivity contribution in [3.8, 4) is 0 Å². The van der Waals surface area contributed by atoms with Gasteiger partial charge in [-0.1, -0.05) is 12.1 Å². The Morgan fingerprint density at radius 1 is 1.28 bits per heavy atom. The Bertz CT molecular complexity index is 817. The van der Waals surface area contributed by atoms with Crippen LogP contribution >= 0.6 is 11.3 Å². The highest BCUT2D eigenvalue weighted by molar-refractivity contribution is 7.89. The van der Waals surface area contributed by atoms with Crippen LogP contribution in [0.5, 0.6) is 0 Å². The van der Waals surface area contributed by atoms with Gasteiger partial charge in [0.2, 0.25) is 10.0 Å². The van der Waals surface area contributed by atoms with Gasteiger partial charge in [-0.15, -0.1) is 11.3 Å². The SMILES string of the molecule is C[C@@H](C(=O)Nc1cccc(S(=O)(=O)N(C)C)c1)[NH+](C)Cc1cccs1. The van der Waals surface area contributed by atoms with E-state index >= 15 is 0 Å². The minimum atomic E-state index is -3.53. The Kier molecular flexibility index (Phi) is 6.34. The Morgan fingerprint density at radius 3 is 2.60 bits per heavy atom. The van der Waals surface area contributed by atoms with Gasteiger partial charge in [-0.3, -0.25) is 4.79 Å². The van der Waals surface area contributed by atoms with E-state index in [1.165, 1.54) is 31.1 Å². The number of nitrogens with one attached hydrogen (secondary N) is 2. The highest BCUT2D eigenvalue weighted by Crippen LogP contribution is 2.18. The monoisotopic (exact) mass is 382 g/mol. The summed E-state index contributed by atoms with van der Waals surface area (Å²) in [7, 11) is 1.40. The van der Waals surface area contributed by atoms with Crippen LogP contribution in [0.2, 0.25) is 0 Å². The number of thiophene rings is 1. The van der Waals surface area contributed by atoms with Crippen molar-refractivity contribution in [2.45, 2.75) is 24.4 Å². The van der Waals surface area contributed by atoms with Gasteiger partial charge >= 0.3 is 0 Å². The van der Waals surface area contributed by atoms with Crippen molar-refractivity contribution in [3.63, 3.8) is 0 Å². The molecule has 2 aromatic rings. The highest BCUT2D eigenvalue weighted by Gasteiger charge is 2.23. The Morgan fingerprint density at radius 2 is 2.00 bits per heavy atom. The zero-order chi connectivity index (χ0) is 18.6. The number of hydrogen-bond donors (Lipinski definition) is 2. The third kappa shape index (κ3) is 4.88. The van der Waals surface area contributed by atoms with Crippen molar-refractivity contribution < 1.29 is 18.1 Å². The summed E-state index contributed by atoms with van der Waals surface area (Å²) in [5.74, 6) is -0.145. The predicted octanol–water partition coefficient (Wildman–Crippen LogP) is 1.04. The Hall–Kier alpha value is -1.74. The number of hydrogen-bond acceptors (Lipinski definition) is 4. The molecule has 1 aromatic heterocycles. The number of sulfonamides is 1. The fourth-order valence-electron chi connectivity index (χ4n) is 2.26. The molecule has 0 fully saturated rings. The summed E-state index contributed by atoms with van der Waals surface area (Å²) in [4.78, 5) is 14.9. The fourth-order valence-corrected chi connectivity index (χ4v) is 4.01. The largest absolute Gasteiger partial charge is 0.323 e. The van der Waals surface area contributed by atoms with Crippen LogP contribution in [-0.2, 0) is 21.4 Å². The van der Waals surface area contributed by atoms with Crippen LogP contribution in [0.3, 0.4) is 0 Å². The van der Waals surface area contributed by atoms with Crippen LogP contribution in [0.4, 0.5) is 5.69 Å². The first kappa shape index (κ1) is 19.6. The molecule has 2 N–H and O–H groups in total. The van der Waals surface area contributed by atoms with Gasteiger partial charge in [0, 0.05) is 19.8 Å². The van der Waals surface area contributed by atoms with Crippen LogP contribution < -0.4 is 10.2 Å². The number of anilines is 1. The van der Waals surface area contributed by atoms with E-state index in [0.717, 1.165) is 15.7 Å². The summed E-state index contributed by atoms with van der Waals surface area (Å²) >= 11 is 1.67. The second kappa shape index (κ2) is 8.09. The maximum absolute atomic E-state index is 12.5. The molecule has 1 unspecified atom stereocenters. The van der Waals surface area contributed by atoms with Crippen LogP contribution in [-0.4, -0.2) is 45.8 Å². The number of likely N-dealkylation sites (N-methyl/N-ethyl adjacent to an activating group) is 1. The van der Waals surface area contributed by atoms with Gasteiger partial charge in [0.05, 0.1) is 16.8 Å². The van der Waals surface area contributed by atoms with Crippen LogP contribution in [0.1, 0.15) is 11.8 Å². The molecule has 0 radical (unpaired) electrons. The lowest BCUT2D eigenvalue weighted by atomic mass is 10.2. The topological polar surface area (TPSA) is 70.9 Å². The Labute approximate surface area is 153 Å². The summed E-state index contributed by atoms with van der Waals surface area (Å²) in [6.07, 6.45) is 0. The molecule has 0 aliphatic heterocycles. The maximum Gasteiger partial charge on any atom is 0.282 e. The van der Waals surface area contributed by atoms with Crippen molar-refractivity contribution in [1.29, 1.82) is 0 Å². The summed E-state index contributed by atoms with van der Waals surface area (Å²) in [6, 6.07) is 10.1. The van der Waals surface area contributed by atoms with E-state index in [0.29, 0.717) is 5.69 Å². The molecular weight excluding hydrogens is 358 g/mol. The quantitative estimate of drug-likeness (QED) is 0.752. The summed E-state index contributed by atoms with van der Waals surface area (Å²) < 4.78 is 25.5. The summed E-state index contributed by atoms with van der Waals surface area (Å²) in [5.41, 5.74) is 0.476. The second-order valence-electron chi connectivity index (χ2n) is 6.13. The van der Waals surface area contributed by atoms with Crippen molar-refractivity contribution >= 4 is 33.0 Å². The molecule has 2 rings (SSSR count). The first-order valence-electron chi connectivity index (χ1n) is 7.90. The van der Waals surface area contributed by atoms with Gasteiger partial charge in [-0.25, -0.2) is 12.7 Å². The van der Waals surface area contributed by atoms with E-state index in [2.05, 4.69) is 5.32 Å². The fraction of sp³-hybridized carbons (Fsp3) is 0.353. The number of nitrogens with zero attached hydrogens (tertiary/aromatic N) is 1. The molecule has 1 heterocycles. The molecular formula is C17H24N3O3S2+. The third-order valence-corrected chi connectivity index (χ3v) is 6.73. The van der Waals surface area contributed by atoms with Crippen LogP contribution in [0.15, 0.2) is 46.7 Å². The van der Waals surface area contributed by atoms with Gasteiger partial charge in [-0.05, 0) is 36.6 Å². The number of amides is 1. The molecule has 0 saturated carbocycles. The van der Waals surface area contributed by atoms with Gasteiger partial charge in [0.25, 0.3) is 5.91 Å². The maximum atomic E-state index is 12.5. The minimum Gasteiger partial charge on any atom is -0.323 e. The second-order valence-corrected chi connectivity index (χ2v) is 9.31. The third-order valence-electron chi connectivity index (χ3n) is 4.05. The molecule has 25 heavy (non-hydrogen) atoms. The van der Waals surface area contributed by atoms with E-state index in [9.17, 15) is 13.2 Å². The minimum absolute atomic E-state index is 0.145. The van der Waals surface area contributed by atoms with Crippen molar-refractivity contribution in [2.24, 2.45) is 0 Å². The lowest BCUT2D eigenvalue weighted by Crippen LogP contribution is -3.12. The molecule has 0 aliphatic carbocycles. The first-order valence-corrected chi connectivity index (χ1v) is 10.2. The zero-order valence-corrected chi connectivity index (χ0v) is 16.4. The molecule has 0 saturated heterocycles. The lowest BCUT2D eigenvalue weighted by molar-refractivity contribution is -0.907.